The molecule has 1 amide bonds. The Morgan fingerprint density at radius 1 is 1.22 bits per heavy atom. The molecular weight excluding hydrogens is 380 g/mol. The van der Waals surface area contributed by atoms with Gasteiger partial charge in [0.15, 0.2) is 0 Å². The molecule has 27 heavy (non-hydrogen) atoms. The van der Waals surface area contributed by atoms with E-state index in [-0.39, 0.29) is 23.8 Å². The first kappa shape index (κ1) is 18.7. The molecule has 2 fully saturated rings. The number of benzene rings is 2. The first-order valence-electron chi connectivity index (χ1n) is 9.26. The Hall–Kier alpha value is -1.69. The van der Waals surface area contributed by atoms with Gasteiger partial charge in [0, 0.05) is 36.3 Å². The third kappa shape index (κ3) is 4.10. The lowest BCUT2D eigenvalue weighted by atomic mass is 9.96. The lowest BCUT2D eigenvalue weighted by Crippen LogP contribution is -2.36. The van der Waals surface area contributed by atoms with Crippen molar-refractivity contribution in [1.29, 1.82) is 0 Å². The van der Waals surface area contributed by atoms with E-state index in [1.807, 2.05) is 35.2 Å². The molecule has 0 bridgehead atoms. The minimum Gasteiger partial charge on any atom is -0.341 e. The van der Waals surface area contributed by atoms with Gasteiger partial charge >= 0.3 is 0 Å². The Balaban J connectivity index is 1.48. The Bertz CT molecular complexity index is 888. The zero-order chi connectivity index (χ0) is 19.0. The fourth-order valence-electron chi connectivity index (χ4n) is 4.08. The molecule has 4 unspecified atom stereocenters. The van der Waals surface area contributed by atoms with E-state index >= 15 is 0 Å². The molecular formula is C21H23ClN2O2S. The van der Waals surface area contributed by atoms with Crippen molar-refractivity contribution < 1.29 is 9.00 Å². The Morgan fingerprint density at radius 2 is 2.04 bits per heavy atom. The van der Waals surface area contributed by atoms with Crippen molar-refractivity contribution in [3.05, 3.63) is 59.1 Å². The SMILES string of the molecule is CS(=O)NC1CCN(C(=O)C2CC2c2ccccc2-c2cccc(Cl)c2)C1. The number of nitrogens with zero attached hydrogens (tertiary/aromatic N) is 1. The van der Waals surface area contributed by atoms with Crippen LogP contribution in [-0.2, 0) is 15.8 Å². The number of halogens is 1. The summed E-state index contributed by atoms with van der Waals surface area (Å²) in [5.74, 6) is 0.545. The Morgan fingerprint density at radius 3 is 2.81 bits per heavy atom. The van der Waals surface area contributed by atoms with Crippen molar-refractivity contribution >= 4 is 28.5 Å². The van der Waals surface area contributed by atoms with Crippen LogP contribution < -0.4 is 4.72 Å². The lowest BCUT2D eigenvalue weighted by molar-refractivity contribution is -0.131. The Labute approximate surface area is 167 Å². The van der Waals surface area contributed by atoms with Gasteiger partial charge in [0.25, 0.3) is 0 Å². The van der Waals surface area contributed by atoms with Gasteiger partial charge in [0.1, 0.15) is 0 Å². The zero-order valence-corrected chi connectivity index (χ0v) is 16.8. The van der Waals surface area contributed by atoms with Gasteiger partial charge in [0.05, 0.1) is 11.0 Å². The summed E-state index contributed by atoms with van der Waals surface area (Å²) in [6, 6.07) is 16.3. The van der Waals surface area contributed by atoms with Crippen LogP contribution in [0, 0.1) is 5.92 Å². The van der Waals surface area contributed by atoms with E-state index < -0.39 is 11.0 Å². The number of hydrogen-bond acceptors (Lipinski definition) is 2. The summed E-state index contributed by atoms with van der Waals surface area (Å²) >= 11 is 6.17. The fraction of sp³-hybridized carbons (Fsp3) is 0.381. The van der Waals surface area contributed by atoms with Crippen LogP contribution in [0.4, 0.5) is 0 Å². The summed E-state index contributed by atoms with van der Waals surface area (Å²) in [6.45, 7) is 1.39. The largest absolute Gasteiger partial charge is 0.341 e. The van der Waals surface area contributed by atoms with Crippen molar-refractivity contribution in [2.24, 2.45) is 5.92 Å². The van der Waals surface area contributed by atoms with Gasteiger partial charge in [0.2, 0.25) is 5.91 Å². The number of carbonyl (C=O) groups excluding carboxylic acids is 1. The molecule has 1 saturated carbocycles. The summed E-state index contributed by atoms with van der Waals surface area (Å²) in [4.78, 5) is 14.9. The molecule has 1 aliphatic carbocycles. The second-order valence-corrected chi connectivity index (χ2v) is 8.97. The zero-order valence-electron chi connectivity index (χ0n) is 15.2. The van der Waals surface area contributed by atoms with Crippen LogP contribution in [0.15, 0.2) is 48.5 Å². The molecule has 0 aromatic heterocycles. The number of rotatable bonds is 5. The monoisotopic (exact) mass is 402 g/mol. The van der Waals surface area contributed by atoms with E-state index in [1.54, 1.807) is 6.26 Å². The van der Waals surface area contributed by atoms with Crippen LogP contribution in [-0.4, -0.2) is 40.4 Å². The van der Waals surface area contributed by atoms with E-state index in [0.29, 0.717) is 6.54 Å². The smallest absolute Gasteiger partial charge is 0.226 e. The van der Waals surface area contributed by atoms with Gasteiger partial charge in [-0.15, -0.1) is 0 Å². The number of likely N-dealkylation sites (tertiary alicyclic amines) is 1. The van der Waals surface area contributed by atoms with Crippen LogP contribution in [0.1, 0.15) is 24.3 Å². The molecule has 1 N–H and O–H groups in total. The van der Waals surface area contributed by atoms with E-state index in [2.05, 4.69) is 22.9 Å². The highest BCUT2D eigenvalue weighted by atomic mass is 35.5. The molecule has 2 aliphatic rings. The van der Waals surface area contributed by atoms with Crippen LogP contribution >= 0.6 is 11.6 Å². The topological polar surface area (TPSA) is 49.4 Å². The van der Waals surface area contributed by atoms with E-state index in [4.69, 9.17) is 11.6 Å². The molecule has 0 spiro atoms. The first-order valence-corrected chi connectivity index (χ1v) is 11.2. The van der Waals surface area contributed by atoms with Gasteiger partial charge in [-0.2, -0.15) is 0 Å². The number of hydrogen-bond donors (Lipinski definition) is 1. The summed E-state index contributed by atoms with van der Waals surface area (Å²) in [7, 11) is -1.04. The third-order valence-corrected chi connectivity index (χ3v) is 6.34. The van der Waals surface area contributed by atoms with Crippen molar-refractivity contribution in [2.45, 2.75) is 24.8 Å². The highest BCUT2D eigenvalue weighted by Crippen LogP contribution is 2.51. The average molecular weight is 403 g/mol. The predicted octanol–water partition coefficient (Wildman–Crippen LogP) is 3.59. The quantitative estimate of drug-likeness (QED) is 0.830. The van der Waals surface area contributed by atoms with Crippen molar-refractivity contribution in [3.8, 4) is 11.1 Å². The summed E-state index contributed by atoms with van der Waals surface area (Å²) in [5.41, 5.74) is 3.47. The van der Waals surface area contributed by atoms with Crippen molar-refractivity contribution in [2.75, 3.05) is 19.3 Å². The molecule has 4 rings (SSSR count). The van der Waals surface area contributed by atoms with Gasteiger partial charge in [-0.1, -0.05) is 48.0 Å². The van der Waals surface area contributed by atoms with Crippen LogP contribution in [0.3, 0.4) is 0 Å². The van der Waals surface area contributed by atoms with E-state index in [1.165, 1.54) is 5.56 Å². The Kier molecular flexibility index (Phi) is 5.35. The molecule has 142 valence electrons. The first-order chi connectivity index (χ1) is 13.0. The minimum atomic E-state index is -1.04. The molecule has 6 heteroatoms. The van der Waals surface area contributed by atoms with E-state index in [0.717, 1.165) is 35.5 Å². The standard InChI is InChI=1S/C21H23ClN2O2S/c1-27(26)23-16-9-10-24(13-16)21(25)20-12-19(20)18-8-3-2-7-17(18)14-5-4-6-15(22)11-14/h2-8,11,16,19-20,23H,9-10,12-13H2,1H3. The van der Waals surface area contributed by atoms with Crippen molar-refractivity contribution in [3.63, 3.8) is 0 Å². The maximum Gasteiger partial charge on any atom is 0.226 e. The highest BCUT2D eigenvalue weighted by molar-refractivity contribution is 7.82. The number of nitrogens with one attached hydrogen (secondary N) is 1. The minimum absolute atomic E-state index is 0.0520. The second kappa shape index (κ2) is 7.74. The lowest BCUT2D eigenvalue weighted by Gasteiger charge is -2.17. The third-order valence-electron chi connectivity index (χ3n) is 5.44. The molecule has 1 aliphatic heterocycles. The van der Waals surface area contributed by atoms with Gasteiger partial charge in [-0.3, -0.25) is 4.79 Å². The van der Waals surface area contributed by atoms with Gasteiger partial charge in [-0.05, 0) is 47.6 Å². The maximum absolute atomic E-state index is 12.9. The van der Waals surface area contributed by atoms with Crippen LogP contribution in [0.5, 0.6) is 0 Å². The van der Waals surface area contributed by atoms with Crippen molar-refractivity contribution in [1.82, 2.24) is 9.62 Å². The fourth-order valence-corrected chi connectivity index (χ4v) is 4.93. The van der Waals surface area contributed by atoms with E-state index in [9.17, 15) is 9.00 Å². The molecule has 4 nitrogen and oxygen atoms in total. The number of carbonyl (C=O) groups is 1. The molecule has 1 heterocycles. The molecule has 4 atom stereocenters. The molecule has 2 aromatic carbocycles. The normalized spacial score (nSPS) is 25.4. The van der Waals surface area contributed by atoms with Gasteiger partial charge in [-0.25, -0.2) is 8.93 Å². The number of amides is 1. The highest BCUT2D eigenvalue weighted by Gasteiger charge is 2.47. The molecule has 1 saturated heterocycles. The second-order valence-electron chi connectivity index (χ2n) is 7.39. The van der Waals surface area contributed by atoms with Gasteiger partial charge < -0.3 is 4.90 Å². The summed E-state index contributed by atoms with van der Waals surface area (Å²) in [5, 5.41) is 0.717. The van der Waals surface area contributed by atoms with Crippen LogP contribution in [0.2, 0.25) is 5.02 Å². The summed E-state index contributed by atoms with van der Waals surface area (Å²) in [6.07, 6.45) is 3.39. The predicted molar refractivity (Wildman–Crippen MR) is 110 cm³/mol. The van der Waals surface area contributed by atoms with Crippen LogP contribution in [0.25, 0.3) is 11.1 Å². The molecule has 0 radical (unpaired) electrons. The average Bonchev–Trinajstić information content (AvgIpc) is 3.32. The molecule has 2 aromatic rings. The maximum atomic E-state index is 12.9. The summed E-state index contributed by atoms with van der Waals surface area (Å²) < 4.78 is 14.4.